The molecule has 8 heteroatoms. The lowest BCUT2D eigenvalue weighted by atomic mass is 10.2. The van der Waals surface area contributed by atoms with Crippen LogP contribution in [-0.4, -0.2) is 39.3 Å². The van der Waals surface area contributed by atoms with Crippen molar-refractivity contribution in [3.8, 4) is 0 Å². The summed E-state index contributed by atoms with van der Waals surface area (Å²) >= 11 is 5.55. The Morgan fingerprint density at radius 1 is 1.48 bits per heavy atom. The van der Waals surface area contributed by atoms with Gasteiger partial charge in [0.2, 0.25) is 5.91 Å². The van der Waals surface area contributed by atoms with Crippen molar-refractivity contribution in [2.75, 3.05) is 18.9 Å². The molecule has 0 saturated carbocycles. The molecule has 116 valence electrons. The van der Waals surface area contributed by atoms with Gasteiger partial charge in [-0.25, -0.2) is 12.8 Å². The summed E-state index contributed by atoms with van der Waals surface area (Å²) < 4.78 is 42.4. The molecule has 1 saturated heterocycles. The maximum Gasteiger partial charge on any atom is 0.235 e. The van der Waals surface area contributed by atoms with Crippen molar-refractivity contribution in [3.63, 3.8) is 0 Å². The second kappa shape index (κ2) is 6.72. The molecule has 1 unspecified atom stereocenters. The summed E-state index contributed by atoms with van der Waals surface area (Å²) in [4.78, 5) is 11.5. The SMILES string of the molecule is O=C(CS(=O)(=O)c1ccc(F)c(Cl)c1)NCC1CCCO1. The number of nitrogens with one attached hydrogen (secondary N) is 1. The number of halogens is 2. The van der Waals surface area contributed by atoms with Crippen molar-refractivity contribution in [3.05, 3.63) is 29.0 Å². The Labute approximate surface area is 127 Å². The Morgan fingerprint density at radius 2 is 2.24 bits per heavy atom. The predicted octanol–water partition coefficient (Wildman–Crippen LogP) is 1.55. The highest BCUT2D eigenvalue weighted by atomic mass is 35.5. The van der Waals surface area contributed by atoms with E-state index >= 15 is 0 Å². The summed E-state index contributed by atoms with van der Waals surface area (Å²) in [5.41, 5.74) is 0. The fourth-order valence-electron chi connectivity index (χ4n) is 2.01. The third-order valence-electron chi connectivity index (χ3n) is 3.12. The second-order valence-electron chi connectivity index (χ2n) is 4.77. The van der Waals surface area contributed by atoms with Crippen molar-refractivity contribution >= 4 is 27.3 Å². The highest BCUT2D eigenvalue weighted by molar-refractivity contribution is 7.92. The smallest absolute Gasteiger partial charge is 0.235 e. The zero-order valence-corrected chi connectivity index (χ0v) is 12.7. The maximum atomic E-state index is 13.0. The van der Waals surface area contributed by atoms with Gasteiger partial charge < -0.3 is 10.1 Å². The van der Waals surface area contributed by atoms with Gasteiger partial charge in [-0.3, -0.25) is 4.79 Å². The summed E-state index contributed by atoms with van der Waals surface area (Å²) in [6, 6.07) is 3.04. The van der Waals surface area contributed by atoms with Gasteiger partial charge in [0.15, 0.2) is 9.84 Å². The summed E-state index contributed by atoms with van der Waals surface area (Å²) in [6.45, 7) is 0.950. The molecule has 1 aromatic carbocycles. The lowest BCUT2D eigenvalue weighted by Gasteiger charge is -2.11. The number of carbonyl (C=O) groups is 1. The predicted molar refractivity (Wildman–Crippen MR) is 75.4 cm³/mol. The van der Waals surface area contributed by atoms with Crippen LogP contribution < -0.4 is 5.32 Å². The standard InChI is InChI=1S/C13H15ClFNO4S/c14-11-6-10(3-4-12(11)15)21(18,19)8-13(17)16-7-9-2-1-5-20-9/h3-4,6,9H,1-2,5,7-8H2,(H,16,17). The first-order valence-corrected chi connectivity index (χ1v) is 8.47. The van der Waals surface area contributed by atoms with Gasteiger partial charge in [-0.1, -0.05) is 11.6 Å². The minimum atomic E-state index is -3.85. The monoisotopic (exact) mass is 335 g/mol. The number of hydrogen-bond acceptors (Lipinski definition) is 4. The van der Waals surface area contributed by atoms with E-state index < -0.39 is 27.3 Å². The largest absolute Gasteiger partial charge is 0.376 e. The zero-order valence-electron chi connectivity index (χ0n) is 11.1. The van der Waals surface area contributed by atoms with E-state index in [1.807, 2.05) is 0 Å². The molecular formula is C13H15ClFNO4S. The number of carbonyl (C=O) groups excluding carboxylic acids is 1. The third kappa shape index (κ3) is 4.39. The molecule has 21 heavy (non-hydrogen) atoms. The maximum absolute atomic E-state index is 13.0. The van der Waals surface area contributed by atoms with Gasteiger partial charge in [0.05, 0.1) is 16.0 Å². The molecule has 1 amide bonds. The van der Waals surface area contributed by atoms with Crippen LogP contribution in [0.1, 0.15) is 12.8 Å². The Bertz CT molecular complexity index is 629. The average Bonchev–Trinajstić information content (AvgIpc) is 2.92. The van der Waals surface area contributed by atoms with Crippen LogP contribution >= 0.6 is 11.6 Å². The van der Waals surface area contributed by atoms with E-state index in [0.29, 0.717) is 13.2 Å². The number of amides is 1. The van der Waals surface area contributed by atoms with E-state index in [-0.39, 0.29) is 16.0 Å². The molecule has 1 N–H and O–H groups in total. The molecule has 0 radical (unpaired) electrons. The molecule has 0 aromatic heterocycles. The second-order valence-corrected chi connectivity index (χ2v) is 7.17. The Morgan fingerprint density at radius 3 is 2.86 bits per heavy atom. The van der Waals surface area contributed by atoms with Crippen LogP contribution in [0.4, 0.5) is 4.39 Å². The van der Waals surface area contributed by atoms with Crippen LogP contribution in [0.25, 0.3) is 0 Å². The first-order chi connectivity index (χ1) is 9.88. The van der Waals surface area contributed by atoms with Crippen LogP contribution in [0.2, 0.25) is 5.02 Å². The number of sulfone groups is 1. The Hall–Kier alpha value is -1.18. The van der Waals surface area contributed by atoms with Gasteiger partial charge in [-0.15, -0.1) is 0 Å². The van der Waals surface area contributed by atoms with E-state index in [2.05, 4.69) is 5.32 Å². The van der Waals surface area contributed by atoms with E-state index in [1.54, 1.807) is 0 Å². The van der Waals surface area contributed by atoms with Gasteiger partial charge in [0, 0.05) is 13.2 Å². The van der Waals surface area contributed by atoms with E-state index in [4.69, 9.17) is 16.3 Å². The van der Waals surface area contributed by atoms with Crippen LogP contribution in [0, 0.1) is 5.82 Å². The first-order valence-electron chi connectivity index (χ1n) is 6.44. The molecule has 1 atom stereocenters. The van der Waals surface area contributed by atoms with Crippen molar-refractivity contribution in [1.29, 1.82) is 0 Å². The molecule has 0 aliphatic carbocycles. The summed E-state index contributed by atoms with van der Waals surface area (Å²) in [5, 5.41) is 2.23. The molecule has 5 nitrogen and oxygen atoms in total. The zero-order chi connectivity index (χ0) is 15.5. The average molecular weight is 336 g/mol. The van der Waals surface area contributed by atoms with Crippen LogP contribution in [-0.2, 0) is 19.4 Å². The van der Waals surface area contributed by atoms with Crippen molar-refractivity contribution in [1.82, 2.24) is 5.32 Å². The number of ether oxygens (including phenoxy) is 1. The van der Waals surface area contributed by atoms with E-state index in [1.165, 1.54) is 0 Å². The normalized spacial score (nSPS) is 18.7. The molecule has 2 rings (SSSR count). The van der Waals surface area contributed by atoms with Crippen LogP contribution in [0.3, 0.4) is 0 Å². The molecule has 1 aliphatic rings. The summed E-state index contributed by atoms with van der Waals surface area (Å²) in [7, 11) is -3.85. The molecule has 0 bridgehead atoms. The van der Waals surface area contributed by atoms with E-state index in [0.717, 1.165) is 31.0 Å². The Kier molecular flexibility index (Phi) is 5.18. The Balaban J connectivity index is 1.96. The number of benzene rings is 1. The molecular weight excluding hydrogens is 321 g/mol. The highest BCUT2D eigenvalue weighted by Crippen LogP contribution is 2.20. The lowest BCUT2D eigenvalue weighted by Crippen LogP contribution is -2.35. The van der Waals surface area contributed by atoms with Crippen LogP contribution in [0.15, 0.2) is 23.1 Å². The number of rotatable bonds is 5. The summed E-state index contributed by atoms with van der Waals surface area (Å²) in [6.07, 6.45) is 1.73. The highest BCUT2D eigenvalue weighted by Gasteiger charge is 2.22. The topological polar surface area (TPSA) is 72.5 Å². The first kappa shape index (κ1) is 16.2. The summed E-state index contributed by atoms with van der Waals surface area (Å²) in [5.74, 6) is -2.04. The molecule has 1 aromatic rings. The minimum Gasteiger partial charge on any atom is -0.376 e. The van der Waals surface area contributed by atoms with Gasteiger partial charge >= 0.3 is 0 Å². The fraction of sp³-hybridized carbons (Fsp3) is 0.462. The van der Waals surface area contributed by atoms with Crippen molar-refractivity contribution in [2.24, 2.45) is 0 Å². The molecule has 1 fully saturated rings. The van der Waals surface area contributed by atoms with Gasteiger partial charge in [-0.2, -0.15) is 0 Å². The van der Waals surface area contributed by atoms with Gasteiger partial charge in [0.25, 0.3) is 0 Å². The van der Waals surface area contributed by atoms with Gasteiger partial charge in [0.1, 0.15) is 11.6 Å². The fourth-order valence-corrected chi connectivity index (χ4v) is 3.44. The minimum absolute atomic E-state index is 0.0584. The van der Waals surface area contributed by atoms with Crippen LogP contribution in [0.5, 0.6) is 0 Å². The molecule has 0 spiro atoms. The molecule has 1 heterocycles. The molecule has 1 aliphatic heterocycles. The third-order valence-corrected chi connectivity index (χ3v) is 5.03. The van der Waals surface area contributed by atoms with Crippen molar-refractivity contribution in [2.45, 2.75) is 23.8 Å². The van der Waals surface area contributed by atoms with Gasteiger partial charge in [-0.05, 0) is 31.0 Å². The van der Waals surface area contributed by atoms with Crippen molar-refractivity contribution < 1.29 is 22.3 Å². The quantitative estimate of drug-likeness (QED) is 0.829. The number of hydrogen-bond donors (Lipinski definition) is 1. The lowest BCUT2D eigenvalue weighted by molar-refractivity contribution is -0.119. The van der Waals surface area contributed by atoms with E-state index in [9.17, 15) is 17.6 Å².